The molecule has 1 unspecified atom stereocenters. The van der Waals surface area contributed by atoms with Gasteiger partial charge in [0.2, 0.25) is 0 Å². The van der Waals surface area contributed by atoms with Gasteiger partial charge in [0.25, 0.3) is 0 Å². The maximum atomic E-state index is 6.08. The summed E-state index contributed by atoms with van der Waals surface area (Å²) in [6, 6.07) is 6.94. The molecule has 0 bridgehead atoms. The van der Waals surface area contributed by atoms with Gasteiger partial charge in [0.05, 0.1) is 6.61 Å². The van der Waals surface area contributed by atoms with Crippen LogP contribution in [0.25, 0.3) is 0 Å². The first-order chi connectivity index (χ1) is 9.12. The fraction of sp³-hybridized carbons (Fsp3) is 0.625. The minimum absolute atomic E-state index is 0.263. The summed E-state index contributed by atoms with van der Waals surface area (Å²) in [6.45, 7) is 7.32. The molecule has 0 aliphatic carbocycles. The topological polar surface area (TPSA) is 38.5 Å². The summed E-state index contributed by atoms with van der Waals surface area (Å²) in [5.74, 6) is 1.06. The Morgan fingerprint density at radius 2 is 2.26 bits per heavy atom. The van der Waals surface area contributed by atoms with Gasteiger partial charge in [0.1, 0.15) is 5.75 Å². The Labute approximate surface area is 115 Å². The highest BCUT2D eigenvalue weighted by Crippen LogP contribution is 2.37. The van der Waals surface area contributed by atoms with Gasteiger partial charge in [-0.25, -0.2) is 0 Å². The van der Waals surface area contributed by atoms with Gasteiger partial charge in [-0.2, -0.15) is 0 Å². The monoisotopic (exact) mass is 260 g/mol. The highest BCUT2D eigenvalue weighted by molar-refractivity contribution is 5.41. The Hall–Kier alpha value is -1.06. The number of benzene rings is 1. The number of nitrogens with two attached hydrogens (primary N) is 1. The molecule has 19 heavy (non-hydrogen) atoms. The van der Waals surface area contributed by atoms with Crippen molar-refractivity contribution in [3.63, 3.8) is 0 Å². The van der Waals surface area contributed by atoms with Gasteiger partial charge < -0.3 is 10.5 Å². The van der Waals surface area contributed by atoms with Crippen molar-refractivity contribution in [3.05, 3.63) is 29.3 Å². The second kappa shape index (κ2) is 4.80. The second-order valence-electron chi connectivity index (χ2n) is 6.33. The van der Waals surface area contributed by atoms with E-state index in [0.717, 1.165) is 25.3 Å². The lowest BCUT2D eigenvalue weighted by Crippen LogP contribution is -2.43. The van der Waals surface area contributed by atoms with Crippen LogP contribution < -0.4 is 10.5 Å². The zero-order chi connectivity index (χ0) is 13.5. The number of fused-ring (bicyclic) bond motifs is 1. The molecular formula is C16H24N2O. The first-order valence-corrected chi connectivity index (χ1v) is 7.34. The van der Waals surface area contributed by atoms with Crippen LogP contribution in [0.15, 0.2) is 18.2 Å². The van der Waals surface area contributed by atoms with Crippen molar-refractivity contribution < 1.29 is 4.74 Å². The largest absolute Gasteiger partial charge is 0.493 e. The van der Waals surface area contributed by atoms with E-state index in [0.29, 0.717) is 12.6 Å². The van der Waals surface area contributed by atoms with Crippen molar-refractivity contribution in [2.45, 2.75) is 44.7 Å². The molecule has 0 aromatic heterocycles. The molecule has 1 aromatic rings. The normalized spacial score (nSPS) is 23.1. The van der Waals surface area contributed by atoms with Crippen molar-refractivity contribution in [3.8, 4) is 5.75 Å². The van der Waals surface area contributed by atoms with E-state index in [1.807, 2.05) is 0 Å². The van der Waals surface area contributed by atoms with E-state index in [4.69, 9.17) is 10.5 Å². The molecule has 104 valence electrons. The average Bonchev–Trinajstić information content (AvgIpc) is 2.97. The molecule has 0 saturated carbocycles. The summed E-state index contributed by atoms with van der Waals surface area (Å²) in [6.07, 6.45) is 3.57. The summed E-state index contributed by atoms with van der Waals surface area (Å²) < 4.78 is 5.59. The van der Waals surface area contributed by atoms with Gasteiger partial charge in [-0.15, -0.1) is 0 Å². The predicted octanol–water partition coefficient (Wildman–Crippen LogP) is 2.50. The van der Waals surface area contributed by atoms with E-state index < -0.39 is 0 Å². The summed E-state index contributed by atoms with van der Waals surface area (Å²) in [5.41, 5.74) is 9.03. The first-order valence-electron chi connectivity index (χ1n) is 7.34. The Kier molecular flexibility index (Phi) is 3.27. The molecule has 2 heterocycles. The van der Waals surface area contributed by atoms with Crippen LogP contribution in [0.3, 0.4) is 0 Å². The highest BCUT2D eigenvalue weighted by Gasteiger charge is 2.36. The Balaban J connectivity index is 1.90. The molecule has 0 radical (unpaired) electrons. The summed E-state index contributed by atoms with van der Waals surface area (Å²) in [7, 11) is 0. The van der Waals surface area contributed by atoms with Crippen molar-refractivity contribution in [1.82, 2.24) is 4.90 Å². The van der Waals surface area contributed by atoms with Crippen LogP contribution in [-0.2, 0) is 6.42 Å². The smallest absolute Gasteiger partial charge is 0.122 e. The van der Waals surface area contributed by atoms with E-state index >= 15 is 0 Å². The molecule has 2 aliphatic heterocycles. The average molecular weight is 260 g/mol. The molecule has 0 spiro atoms. The Morgan fingerprint density at radius 3 is 2.95 bits per heavy atom. The van der Waals surface area contributed by atoms with E-state index in [9.17, 15) is 0 Å². The number of likely N-dealkylation sites (tertiary alicyclic amines) is 1. The molecule has 3 rings (SSSR count). The van der Waals surface area contributed by atoms with Gasteiger partial charge in [-0.1, -0.05) is 12.1 Å². The molecule has 3 heteroatoms. The summed E-state index contributed by atoms with van der Waals surface area (Å²) >= 11 is 0. The maximum absolute atomic E-state index is 6.08. The van der Waals surface area contributed by atoms with Crippen molar-refractivity contribution >= 4 is 0 Å². The minimum Gasteiger partial charge on any atom is -0.493 e. The minimum atomic E-state index is 0.263. The van der Waals surface area contributed by atoms with Crippen molar-refractivity contribution in [1.29, 1.82) is 0 Å². The lowest BCUT2D eigenvalue weighted by molar-refractivity contribution is 0.119. The number of ether oxygens (including phenoxy) is 1. The number of nitrogens with zero attached hydrogens (tertiary/aromatic N) is 1. The standard InChI is InChI=1S/C16H24N2O/c1-16(2)7-3-8-18(16)14(11-17)12-4-5-15-13(10-12)6-9-19-15/h4-5,10,14H,3,6-9,11,17H2,1-2H3. The third-order valence-electron chi connectivity index (χ3n) is 4.66. The van der Waals surface area contributed by atoms with Crippen LogP contribution in [0.5, 0.6) is 5.75 Å². The van der Waals surface area contributed by atoms with Gasteiger partial charge in [-0.05, 0) is 50.4 Å². The maximum Gasteiger partial charge on any atom is 0.122 e. The zero-order valence-corrected chi connectivity index (χ0v) is 12.0. The van der Waals surface area contributed by atoms with Crippen LogP contribution in [0.4, 0.5) is 0 Å². The Morgan fingerprint density at radius 1 is 1.42 bits per heavy atom. The second-order valence-corrected chi connectivity index (χ2v) is 6.33. The number of hydrogen-bond acceptors (Lipinski definition) is 3. The van der Waals surface area contributed by atoms with Gasteiger partial charge in [-0.3, -0.25) is 4.90 Å². The van der Waals surface area contributed by atoms with Crippen LogP contribution in [0, 0.1) is 0 Å². The van der Waals surface area contributed by atoms with E-state index in [2.05, 4.69) is 36.9 Å². The zero-order valence-electron chi connectivity index (χ0n) is 12.0. The molecule has 0 amide bonds. The van der Waals surface area contributed by atoms with Gasteiger partial charge >= 0.3 is 0 Å². The summed E-state index contributed by atoms with van der Waals surface area (Å²) in [5, 5.41) is 0. The molecule has 3 nitrogen and oxygen atoms in total. The summed E-state index contributed by atoms with van der Waals surface area (Å²) in [4.78, 5) is 2.57. The molecule has 1 atom stereocenters. The van der Waals surface area contributed by atoms with Crippen LogP contribution in [0.1, 0.15) is 43.9 Å². The van der Waals surface area contributed by atoms with E-state index in [-0.39, 0.29) is 5.54 Å². The van der Waals surface area contributed by atoms with Crippen LogP contribution in [0.2, 0.25) is 0 Å². The van der Waals surface area contributed by atoms with Crippen LogP contribution >= 0.6 is 0 Å². The van der Waals surface area contributed by atoms with Gasteiger partial charge in [0.15, 0.2) is 0 Å². The molecule has 1 fully saturated rings. The molecule has 2 aliphatic rings. The van der Waals surface area contributed by atoms with Crippen LogP contribution in [-0.4, -0.2) is 30.1 Å². The fourth-order valence-electron chi connectivity index (χ4n) is 3.56. The number of hydrogen-bond donors (Lipinski definition) is 1. The lowest BCUT2D eigenvalue weighted by Gasteiger charge is -2.38. The quantitative estimate of drug-likeness (QED) is 0.907. The Bertz CT molecular complexity index is 470. The highest BCUT2D eigenvalue weighted by atomic mass is 16.5. The van der Waals surface area contributed by atoms with E-state index in [1.54, 1.807) is 0 Å². The molecule has 2 N–H and O–H groups in total. The van der Waals surface area contributed by atoms with Gasteiger partial charge in [0, 0.05) is 24.5 Å². The molecular weight excluding hydrogens is 236 g/mol. The molecule has 1 saturated heterocycles. The lowest BCUT2D eigenvalue weighted by atomic mass is 9.96. The third-order valence-corrected chi connectivity index (χ3v) is 4.66. The predicted molar refractivity (Wildman–Crippen MR) is 77.5 cm³/mol. The van der Waals surface area contributed by atoms with Crippen molar-refractivity contribution in [2.24, 2.45) is 5.73 Å². The van der Waals surface area contributed by atoms with E-state index in [1.165, 1.54) is 24.0 Å². The molecule has 1 aromatic carbocycles. The first kappa shape index (κ1) is 12.9. The number of rotatable bonds is 3. The third kappa shape index (κ3) is 2.26. The van der Waals surface area contributed by atoms with Crippen molar-refractivity contribution in [2.75, 3.05) is 19.7 Å². The fourth-order valence-corrected chi connectivity index (χ4v) is 3.56. The SMILES string of the molecule is CC1(C)CCCN1C(CN)c1ccc2c(c1)CCO2.